The smallest absolute Gasteiger partial charge is 0.341 e. The maximum Gasteiger partial charge on any atom is 0.341 e. The van der Waals surface area contributed by atoms with Crippen LogP contribution in [0.3, 0.4) is 0 Å². The van der Waals surface area contributed by atoms with E-state index in [9.17, 15) is 9.59 Å². The van der Waals surface area contributed by atoms with E-state index < -0.39 is 5.97 Å². The van der Waals surface area contributed by atoms with E-state index in [-0.39, 0.29) is 5.91 Å². The van der Waals surface area contributed by atoms with Crippen molar-refractivity contribution in [2.45, 2.75) is 26.2 Å². The number of anilines is 2. The number of esters is 1. The number of likely N-dealkylation sites (tertiary alicyclic amines) is 1. The van der Waals surface area contributed by atoms with Crippen molar-refractivity contribution in [3.05, 3.63) is 71.8 Å². The standard InChI is InChI=1S/C26H27N3O3S2/c1-2-32-25(31)21-17-22(18-9-5-3-6-10-18)34-23(21)28-26(33)27-20-13-11-19(12-14-20)24(30)29-15-7-4-8-16-29/h3,5-6,9-14,17H,2,4,7-8,15-16H2,1H3,(H2,27,28,33). The van der Waals surface area contributed by atoms with Crippen molar-refractivity contribution in [1.82, 2.24) is 4.90 Å². The molecule has 2 heterocycles. The number of thiocarbonyl (C=S) groups is 1. The Balaban J connectivity index is 1.45. The van der Waals surface area contributed by atoms with E-state index in [1.807, 2.05) is 65.6 Å². The zero-order valence-electron chi connectivity index (χ0n) is 19.0. The Hall–Kier alpha value is -3.23. The summed E-state index contributed by atoms with van der Waals surface area (Å²) >= 11 is 6.94. The lowest BCUT2D eigenvalue weighted by atomic mass is 10.1. The molecular weight excluding hydrogens is 466 g/mol. The van der Waals surface area contributed by atoms with Gasteiger partial charge in [0.15, 0.2) is 5.11 Å². The van der Waals surface area contributed by atoms with E-state index in [4.69, 9.17) is 17.0 Å². The fraction of sp³-hybridized carbons (Fsp3) is 0.269. The molecule has 1 fully saturated rings. The summed E-state index contributed by atoms with van der Waals surface area (Å²) in [5.74, 6) is -0.329. The Labute approximate surface area is 208 Å². The van der Waals surface area contributed by atoms with E-state index in [0.717, 1.165) is 42.1 Å². The molecular formula is C26H27N3O3S2. The lowest BCUT2D eigenvalue weighted by molar-refractivity contribution is 0.0528. The van der Waals surface area contributed by atoms with Crippen LogP contribution in [0.25, 0.3) is 10.4 Å². The highest BCUT2D eigenvalue weighted by Gasteiger charge is 2.20. The molecule has 0 atom stereocenters. The van der Waals surface area contributed by atoms with Gasteiger partial charge in [0.05, 0.1) is 12.2 Å². The maximum atomic E-state index is 12.7. The first-order valence-corrected chi connectivity index (χ1v) is 12.6. The summed E-state index contributed by atoms with van der Waals surface area (Å²) in [7, 11) is 0. The van der Waals surface area contributed by atoms with Gasteiger partial charge in [0, 0.05) is 29.2 Å². The third-order valence-corrected chi connectivity index (χ3v) is 6.85. The number of rotatable bonds is 6. The molecule has 4 rings (SSSR count). The Morgan fingerprint density at radius 1 is 1.00 bits per heavy atom. The van der Waals surface area contributed by atoms with Crippen LogP contribution in [0.2, 0.25) is 0 Å². The van der Waals surface area contributed by atoms with Gasteiger partial charge in [-0.25, -0.2) is 4.79 Å². The Kier molecular flexibility index (Phi) is 7.92. The highest BCUT2D eigenvalue weighted by Crippen LogP contribution is 2.36. The van der Waals surface area contributed by atoms with Gasteiger partial charge in [-0.3, -0.25) is 4.79 Å². The molecule has 1 saturated heterocycles. The summed E-state index contributed by atoms with van der Waals surface area (Å²) in [6.45, 7) is 3.71. The largest absolute Gasteiger partial charge is 0.462 e. The molecule has 8 heteroatoms. The predicted octanol–water partition coefficient (Wildman–Crippen LogP) is 6.03. The maximum absolute atomic E-state index is 12.7. The van der Waals surface area contributed by atoms with Crippen molar-refractivity contribution < 1.29 is 14.3 Å². The molecule has 1 amide bonds. The van der Waals surface area contributed by atoms with E-state index >= 15 is 0 Å². The van der Waals surface area contributed by atoms with Gasteiger partial charge in [-0.05, 0) is 74.3 Å². The summed E-state index contributed by atoms with van der Waals surface area (Å²) in [5, 5.41) is 7.24. The second kappa shape index (κ2) is 11.3. The minimum absolute atomic E-state index is 0.0676. The molecule has 0 radical (unpaired) electrons. The van der Waals surface area contributed by atoms with E-state index in [1.165, 1.54) is 17.8 Å². The van der Waals surface area contributed by atoms with E-state index in [1.54, 1.807) is 6.92 Å². The van der Waals surface area contributed by atoms with Gasteiger partial charge in [0.25, 0.3) is 5.91 Å². The lowest BCUT2D eigenvalue weighted by Crippen LogP contribution is -2.35. The normalized spacial score (nSPS) is 13.3. The average molecular weight is 494 g/mol. The fourth-order valence-corrected chi connectivity index (χ4v) is 5.17. The van der Waals surface area contributed by atoms with Crippen molar-refractivity contribution in [3.63, 3.8) is 0 Å². The number of thiophene rings is 1. The summed E-state index contributed by atoms with van der Waals surface area (Å²) in [6.07, 6.45) is 3.31. The molecule has 1 aliphatic heterocycles. The summed E-state index contributed by atoms with van der Waals surface area (Å²) in [5.41, 5.74) is 2.88. The van der Waals surface area contributed by atoms with Crippen LogP contribution < -0.4 is 10.6 Å². The van der Waals surface area contributed by atoms with Gasteiger partial charge in [-0.1, -0.05) is 30.3 Å². The number of piperidine rings is 1. The number of benzene rings is 2. The average Bonchev–Trinajstić information content (AvgIpc) is 3.29. The molecule has 34 heavy (non-hydrogen) atoms. The van der Waals surface area contributed by atoms with Crippen LogP contribution in [0, 0.1) is 0 Å². The first-order valence-electron chi connectivity index (χ1n) is 11.4. The molecule has 1 aromatic heterocycles. The number of nitrogens with zero attached hydrogens (tertiary/aromatic N) is 1. The number of amides is 1. The SMILES string of the molecule is CCOC(=O)c1cc(-c2ccccc2)sc1NC(=S)Nc1ccc(C(=O)N2CCCCC2)cc1. The molecule has 0 saturated carbocycles. The quantitative estimate of drug-likeness (QED) is 0.323. The Morgan fingerprint density at radius 2 is 1.71 bits per heavy atom. The summed E-state index contributed by atoms with van der Waals surface area (Å²) in [4.78, 5) is 28.1. The molecule has 3 aromatic rings. The summed E-state index contributed by atoms with van der Waals surface area (Å²) in [6, 6.07) is 19.0. The number of hydrogen-bond acceptors (Lipinski definition) is 5. The third-order valence-electron chi connectivity index (χ3n) is 5.55. The Bertz CT molecular complexity index is 1150. The zero-order chi connectivity index (χ0) is 23.9. The number of nitrogens with one attached hydrogen (secondary N) is 2. The van der Waals surface area contributed by atoms with Gasteiger partial charge < -0.3 is 20.3 Å². The number of ether oxygens (including phenoxy) is 1. The first kappa shape index (κ1) is 23.9. The Morgan fingerprint density at radius 3 is 2.38 bits per heavy atom. The van der Waals surface area contributed by atoms with Gasteiger partial charge in [0.1, 0.15) is 5.00 Å². The summed E-state index contributed by atoms with van der Waals surface area (Å²) < 4.78 is 5.23. The van der Waals surface area contributed by atoms with Crippen molar-refractivity contribution in [1.29, 1.82) is 0 Å². The monoisotopic (exact) mass is 493 g/mol. The predicted molar refractivity (Wildman–Crippen MR) is 142 cm³/mol. The second-order valence-electron chi connectivity index (χ2n) is 7.95. The van der Waals surface area contributed by atoms with Gasteiger partial charge in [-0.15, -0.1) is 11.3 Å². The van der Waals surface area contributed by atoms with Gasteiger partial charge >= 0.3 is 5.97 Å². The lowest BCUT2D eigenvalue weighted by Gasteiger charge is -2.26. The number of hydrogen-bond donors (Lipinski definition) is 2. The van der Waals surface area contributed by atoms with Crippen LogP contribution in [0.1, 0.15) is 46.9 Å². The molecule has 0 aliphatic carbocycles. The molecule has 6 nitrogen and oxygen atoms in total. The topological polar surface area (TPSA) is 70.7 Å². The molecule has 0 bridgehead atoms. The highest BCUT2D eigenvalue weighted by molar-refractivity contribution is 7.80. The number of carbonyl (C=O) groups is 2. The van der Waals surface area contributed by atoms with Gasteiger partial charge in [0.2, 0.25) is 0 Å². The van der Waals surface area contributed by atoms with Gasteiger partial charge in [-0.2, -0.15) is 0 Å². The minimum atomic E-state index is -0.396. The van der Waals surface area contributed by atoms with Crippen LogP contribution in [-0.4, -0.2) is 41.6 Å². The van der Waals surface area contributed by atoms with Crippen LogP contribution in [0.4, 0.5) is 10.7 Å². The number of carbonyl (C=O) groups excluding carboxylic acids is 2. The molecule has 0 spiro atoms. The minimum Gasteiger partial charge on any atom is -0.462 e. The second-order valence-corrected chi connectivity index (χ2v) is 9.41. The highest BCUT2D eigenvalue weighted by atomic mass is 32.1. The zero-order valence-corrected chi connectivity index (χ0v) is 20.6. The third kappa shape index (κ3) is 5.81. The molecule has 2 N–H and O–H groups in total. The van der Waals surface area contributed by atoms with Crippen LogP contribution in [0.15, 0.2) is 60.7 Å². The van der Waals surface area contributed by atoms with Crippen molar-refractivity contribution in [3.8, 4) is 10.4 Å². The molecule has 176 valence electrons. The molecule has 0 unspecified atom stereocenters. The van der Waals surface area contributed by atoms with Crippen molar-refractivity contribution >= 4 is 51.2 Å². The van der Waals surface area contributed by atoms with Crippen LogP contribution >= 0.6 is 23.6 Å². The first-order chi connectivity index (χ1) is 16.5. The molecule has 2 aromatic carbocycles. The van der Waals surface area contributed by atoms with E-state index in [0.29, 0.717) is 27.8 Å². The van der Waals surface area contributed by atoms with E-state index in [2.05, 4.69) is 10.6 Å². The van der Waals surface area contributed by atoms with Crippen molar-refractivity contribution in [2.75, 3.05) is 30.3 Å². The fourth-order valence-electron chi connectivity index (χ4n) is 3.83. The van der Waals surface area contributed by atoms with Crippen LogP contribution in [-0.2, 0) is 4.74 Å². The molecule has 1 aliphatic rings. The van der Waals surface area contributed by atoms with Crippen LogP contribution in [0.5, 0.6) is 0 Å². The van der Waals surface area contributed by atoms with Crippen molar-refractivity contribution in [2.24, 2.45) is 0 Å².